The zero-order valence-corrected chi connectivity index (χ0v) is 9.53. The topological polar surface area (TPSA) is 47.9 Å². The Kier molecular flexibility index (Phi) is 8.08. The lowest BCUT2D eigenvalue weighted by Crippen LogP contribution is -2.33. The number of rotatable bonds is 8. The highest BCUT2D eigenvalue weighted by atomic mass is 16.7. The summed E-state index contributed by atoms with van der Waals surface area (Å²) in [5, 5.41) is 9.04. The van der Waals surface area contributed by atoms with Gasteiger partial charge in [0.25, 0.3) is 0 Å². The third kappa shape index (κ3) is 6.32. The smallest absolute Gasteiger partial charge is 0.183 e. The zero-order valence-electron chi connectivity index (χ0n) is 9.53. The first-order valence-electron chi connectivity index (χ1n) is 5.14. The van der Waals surface area contributed by atoms with Crippen LogP contribution in [0, 0.1) is 0 Å². The van der Waals surface area contributed by atoms with Crippen LogP contribution in [0.5, 0.6) is 0 Å². The van der Waals surface area contributed by atoms with Crippen molar-refractivity contribution in [2.45, 2.75) is 46.2 Å². The Morgan fingerprint density at radius 1 is 1.00 bits per heavy atom. The minimum atomic E-state index is -0.457. The first-order chi connectivity index (χ1) is 6.61. The van der Waals surface area contributed by atoms with Gasteiger partial charge < -0.3 is 19.3 Å². The fraction of sp³-hybridized carbons (Fsp3) is 1.00. The Hall–Kier alpha value is -0.160. The van der Waals surface area contributed by atoms with Crippen LogP contribution in [0.3, 0.4) is 0 Å². The van der Waals surface area contributed by atoms with Gasteiger partial charge in [-0.3, -0.25) is 0 Å². The second-order valence-electron chi connectivity index (χ2n) is 3.17. The Labute approximate surface area is 86.2 Å². The van der Waals surface area contributed by atoms with Crippen molar-refractivity contribution in [2.24, 2.45) is 0 Å². The summed E-state index contributed by atoms with van der Waals surface area (Å²) in [4.78, 5) is 0. The molecule has 0 aliphatic carbocycles. The monoisotopic (exact) mass is 206 g/mol. The van der Waals surface area contributed by atoms with Gasteiger partial charge in [0.15, 0.2) is 6.29 Å². The van der Waals surface area contributed by atoms with Gasteiger partial charge >= 0.3 is 0 Å². The van der Waals surface area contributed by atoms with E-state index in [1.165, 1.54) is 0 Å². The number of aliphatic hydroxyl groups is 1. The molecule has 0 heterocycles. The van der Waals surface area contributed by atoms with Crippen LogP contribution in [0.2, 0.25) is 0 Å². The summed E-state index contributed by atoms with van der Waals surface area (Å²) in [6.07, 6.45) is -0.963. The molecule has 2 unspecified atom stereocenters. The van der Waals surface area contributed by atoms with Crippen LogP contribution in [-0.2, 0) is 14.2 Å². The van der Waals surface area contributed by atoms with Gasteiger partial charge in [-0.2, -0.15) is 0 Å². The van der Waals surface area contributed by atoms with E-state index in [2.05, 4.69) is 0 Å². The van der Waals surface area contributed by atoms with Crippen LogP contribution < -0.4 is 0 Å². The third-order valence-corrected chi connectivity index (χ3v) is 1.65. The van der Waals surface area contributed by atoms with E-state index in [-0.39, 0.29) is 12.4 Å². The highest BCUT2D eigenvalue weighted by Crippen LogP contribution is 2.06. The molecule has 0 spiro atoms. The molecule has 86 valence electrons. The number of aliphatic hydroxyl groups excluding tert-OH is 1. The SMILES string of the molecule is CCOC(OCC)C(C)OCC(C)O. The molecule has 0 radical (unpaired) electrons. The van der Waals surface area contributed by atoms with Crippen molar-refractivity contribution >= 4 is 0 Å². The van der Waals surface area contributed by atoms with E-state index >= 15 is 0 Å². The second-order valence-corrected chi connectivity index (χ2v) is 3.17. The molecule has 0 aromatic heterocycles. The summed E-state index contributed by atoms with van der Waals surface area (Å²) in [7, 11) is 0. The normalized spacial score (nSPS) is 15.9. The number of hydrogen-bond acceptors (Lipinski definition) is 4. The molecule has 4 nitrogen and oxygen atoms in total. The Bertz CT molecular complexity index is 121. The van der Waals surface area contributed by atoms with Crippen molar-refractivity contribution in [3.8, 4) is 0 Å². The Morgan fingerprint density at radius 2 is 1.50 bits per heavy atom. The van der Waals surface area contributed by atoms with Crippen molar-refractivity contribution < 1.29 is 19.3 Å². The molecular formula is C10H22O4. The summed E-state index contributed by atoms with van der Waals surface area (Å²) >= 11 is 0. The van der Waals surface area contributed by atoms with Gasteiger partial charge in [-0.1, -0.05) is 0 Å². The predicted octanol–water partition coefficient (Wildman–Crippen LogP) is 1.17. The average Bonchev–Trinajstić information content (AvgIpc) is 2.14. The fourth-order valence-electron chi connectivity index (χ4n) is 1.02. The van der Waals surface area contributed by atoms with Crippen molar-refractivity contribution in [3.63, 3.8) is 0 Å². The van der Waals surface area contributed by atoms with Gasteiger partial charge in [-0.25, -0.2) is 0 Å². The quantitative estimate of drug-likeness (QED) is 0.606. The van der Waals surface area contributed by atoms with E-state index in [4.69, 9.17) is 19.3 Å². The Balaban J connectivity index is 3.81. The maximum atomic E-state index is 9.04. The standard InChI is InChI=1S/C10H22O4/c1-5-12-10(13-6-2)9(4)14-7-8(3)11/h8-11H,5-7H2,1-4H3. The highest BCUT2D eigenvalue weighted by Gasteiger charge is 2.18. The number of hydrogen-bond donors (Lipinski definition) is 1. The van der Waals surface area contributed by atoms with Gasteiger partial charge in [0, 0.05) is 13.2 Å². The molecule has 1 N–H and O–H groups in total. The largest absolute Gasteiger partial charge is 0.391 e. The van der Waals surface area contributed by atoms with E-state index in [1.807, 2.05) is 20.8 Å². The number of ether oxygens (including phenoxy) is 3. The van der Waals surface area contributed by atoms with Gasteiger partial charge in [-0.15, -0.1) is 0 Å². The van der Waals surface area contributed by atoms with Crippen LogP contribution in [-0.4, -0.2) is 43.4 Å². The lowest BCUT2D eigenvalue weighted by molar-refractivity contribution is -0.202. The lowest BCUT2D eigenvalue weighted by Gasteiger charge is -2.24. The van der Waals surface area contributed by atoms with E-state index in [0.717, 1.165) is 0 Å². The summed E-state index contributed by atoms with van der Waals surface area (Å²) in [6.45, 7) is 8.86. The first kappa shape index (κ1) is 13.8. The second kappa shape index (κ2) is 8.17. The molecule has 0 aliphatic heterocycles. The van der Waals surface area contributed by atoms with E-state index < -0.39 is 6.10 Å². The molecule has 2 atom stereocenters. The van der Waals surface area contributed by atoms with Crippen molar-refractivity contribution in [2.75, 3.05) is 19.8 Å². The van der Waals surface area contributed by atoms with Gasteiger partial charge in [0.1, 0.15) is 6.10 Å². The van der Waals surface area contributed by atoms with E-state index in [9.17, 15) is 0 Å². The zero-order chi connectivity index (χ0) is 11.0. The van der Waals surface area contributed by atoms with Crippen molar-refractivity contribution in [3.05, 3.63) is 0 Å². The van der Waals surface area contributed by atoms with Gasteiger partial charge in [-0.05, 0) is 27.7 Å². The maximum Gasteiger partial charge on any atom is 0.183 e. The summed E-state index contributed by atoms with van der Waals surface area (Å²) < 4.78 is 16.1. The molecule has 0 saturated heterocycles. The summed E-state index contributed by atoms with van der Waals surface area (Å²) in [5.74, 6) is 0. The highest BCUT2D eigenvalue weighted by molar-refractivity contribution is 4.57. The van der Waals surface area contributed by atoms with E-state index in [1.54, 1.807) is 6.92 Å². The third-order valence-electron chi connectivity index (χ3n) is 1.65. The molecule has 0 rings (SSSR count). The molecule has 0 aromatic rings. The van der Waals surface area contributed by atoms with Crippen molar-refractivity contribution in [1.29, 1.82) is 0 Å². The lowest BCUT2D eigenvalue weighted by atomic mass is 10.3. The molecule has 0 bridgehead atoms. The van der Waals surface area contributed by atoms with Crippen molar-refractivity contribution in [1.82, 2.24) is 0 Å². The average molecular weight is 206 g/mol. The molecule has 0 aromatic carbocycles. The van der Waals surface area contributed by atoms with Crippen LogP contribution in [0.4, 0.5) is 0 Å². The molecule has 14 heavy (non-hydrogen) atoms. The Morgan fingerprint density at radius 3 is 1.86 bits per heavy atom. The first-order valence-corrected chi connectivity index (χ1v) is 5.14. The summed E-state index contributed by atoms with van der Waals surface area (Å²) in [5.41, 5.74) is 0. The molecular weight excluding hydrogens is 184 g/mol. The molecule has 0 saturated carbocycles. The molecule has 0 fully saturated rings. The molecule has 4 heteroatoms. The van der Waals surface area contributed by atoms with Crippen LogP contribution in [0.25, 0.3) is 0 Å². The van der Waals surface area contributed by atoms with Crippen LogP contribution in [0.15, 0.2) is 0 Å². The van der Waals surface area contributed by atoms with E-state index in [0.29, 0.717) is 19.8 Å². The van der Waals surface area contributed by atoms with Gasteiger partial charge in [0.05, 0.1) is 12.7 Å². The maximum absolute atomic E-state index is 9.04. The molecule has 0 amide bonds. The van der Waals surface area contributed by atoms with Crippen LogP contribution >= 0.6 is 0 Å². The minimum Gasteiger partial charge on any atom is -0.391 e. The molecule has 0 aliphatic rings. The summed E-state index contributed by atoms with van der Waals surface area (Å²) in [6, 6.07) is 0. The predicted molar refractivity (Wildman–Crippen MR) is 54.1 cm³/mol. The minimum absolute atomic E-state index is 0.163. The van der Waals surface area contributed by atoms with Gasteiger partial charge in [0.2, 0.25) is 0 Å². The van der Waals surface area contributed by atoms with Crippen LogP contribution in [0.1, 0.15) is 27.7 Å². The fourth-order valence-corrected chi connectivity index (χ4v) is 1.02.